The molecule has 1 saturated heterocycles. The number of hydrogen-bond acceptors (Lipinski definition) is 3. The largest absolute Gasteiger partial charge is 0.428 e. The Bertz CT molecular complexity index is 104. The lowest BCUT2D eigenvalue weighted by Gasteiger charge is -2.21. The van der Waals surface area contributed by atoms with Crippen LogP contribution in [-0.4, -0.2) is 31.1 Å². The number of likely N-dealkylation sites (N-methyl/N-ethyl adjacent to an activating group) is 1. The average Bonchev–Trinajstić information content (AvgIpc) is 1.77. The number of hydrogen-bond donors (Lipinski definition) is 1. The van der Waals surface area contributed by atoms with Gasteiger partial charge in [-0.1, -0.05) is 0 Å². The van der Waals surface area contributed by atoms with Gasteiger partial charge in [0.2, 0.25) is 0 Å². The van der Waals surface area contributed by atoms with E-state index in [-0.39, 0.29) is 6.09 Å². The molecule has 46 valence electrons. The van der Waals surface area contributed by atoms with Gasteiger partial charge >= 0.3 is 6.09 Å². The van der Waals surface area contributed by atoms with Crippen LogP contribution >= 0.6 is 0 Å². The van der Waals surface area contributed by atoms with Crippen LogP contribution < -0.4 is 5.48 Å². The molecule has 1 N–H and O–H groups in total. The molecule has 0 aromatic rings. The molecule has 0 unspecified atom stereocenters. The van der Waals surface area contributed by atoms with Crippen LogP contribution in [0, 0.1) is 0 Å². The maximum absolute atomic E-state index is 10.4. The molecule has 0 bridgehead atoms. The summed E-state index contributed by atoms with van der Waals surface area (Å²) in [5.41, 5.74) is 2.47. The zero-order valence-corrected chi connectivity index (χ0v) is 4.68. The number of carbonyl (C=O) groups excluding carboxylic acids is 1. The smallest absolute Gasteiger partial charge is 0.354 e. The number of rotatable bonds is 0. The van der Waals surface area contributed by atoms with Crippen molar-refractivity contribution in [2.75, 3.05) is 20.1 Å². The quantitative estimate of drug-likeness (QED) is 0.467. The first kappa shape index (κ1) is 5.37. The van der Waals surface area contributed by atoms with Crippen molar-refractivity contribution in [3.05, 3.63) is 0 Å². The Balaban J connectivity index is 2.39. The number of nitrogens with one attached hydrogen (secondary N) is 1. The first-order valence-electron chi connectivity index (χ1n) is 2.45. The van der Waals surface area contributed by atoms with Gasteiger partial charge in [-0.25, -0.2) is 4.79 Å². The second-order valence-corrected chi connectivity index (χ2v) is 1.68. The third-order valence-corrected chi connectivity index (χ3v) is 1.02. The van der Waals surface area contributed by atoms with Gasteiger partial charge in [0.15, 0.2) is 0 Å². The fraction of sp³-hybridized carbons (Fsp3) is 0.750. The predicted molar refractivity (Wildman–Crippen MR) is 27.1 cm³/mol. The van der Waals surface area contributed by atoms with Gasteiger partial charge in [-0.15, -0.1) is 5.48 Å². The van der Waals surface area contributed by atoms with Crippen molar-refractivity contribution in [1.82, 2.24) is 10.4 Å². The molecule has 8 heavy (non-hydrogen) atoms. The van der Waals surface area contributed by atoms with Crippen LogP contribution in [0.4, 0.5) is 4.79 Å². The Labute approximate surface area is 47.4 Å². The molecular formula is C4H8N2O2. The summed E-state index contributed by atoms with van der Waals surface area (Å²) < 4.78 is 0. The number of hydroxylamine groups is 1. The fourth-order valence-electron chi connectivity index (χ4n) is 0.495. The third kappa shape index (κ3) is 0.894. The zero-order chi connectivity index (χ0) is 5.98. The summed E-state index contributed by atoms with van der Waals surface area (Å²) in [7, 11) is 1.70. The molecule has 0 aliphatic carbocycles. The van der Waals surface area contributed by atoms with Crippen LogP contribution in [0.2, 0.25) is 0 Å². The molecule has 0 aromatic carbocycles. The van der Waals surface area contributed by atoms with E-state index in [4.69, 9.17) is 0 Å². The first-order chi connectivity index (χ1) is 3.80. The van der Waals surface area contributed by atoms with E-state index in [0.29, 0.717) is 6.54 Å². The lowest BCUT2D eigenvalue weighted by Crippen LogP contribution is -2.43. The molecule has 1 heterocycles. The molecule has 1 fully saturated rings. The van der Waals surface area contributed by atoms with Crippen molar-refractivity contribution in [3.63, 3.8) is 0 Å². The Morgan fingerprint density at radius 3 is 3.00 bits per heavy atom. The predicted octanol–water partition coefficient (Wildman–Crippen LogP) is -0.427. The number of amides is 1. The SMILES string of the molecule is CN1CCNOC1=O. The van der Waals surface area contributed by atoms with Crippen LogP contribution in [0.5, 0.6) is 0 Å². The summed E-state index contributed by atoms with van der Waals surface area (Å²) >= 11 is 0. The summed E-state index contributed by atoms with van der Waals surface area (Å²) in [6.07, 6.45) is -0.309. The summed E-state index contributed by atoms with van der Waals surface area (Å²) in [5, 5.41) is 0. The summed E-state index contributed by atoms with van der Waals surface area (Å²) in [6.45, 7) is 1.43. The Kier molecular flexibility index (Phi) is 1.34. The van der Waals surface area contributed by atoms with Crippen molar-refractivity contribution in [1.29, 1.82) is 0 Å². The summed E-state index contributed by atoms with van der Waals surface area (Å²) in [5.74, 6) is 0. The van der Waals surface area contributed by atoms with Gasteiger partial charge < -0.3 is 9.74 Å². The topological polar surface area (TPSA) is 41.6 Å². The van der Waals surface area contributed by atoms with Gasteiger partial charge in [0, 0.05) is 20.1 Å². The van der Waals surface area contributed by atoms with Crippen LogP contribution in [0.3, 0.4) is 0 Å². The fourth-order valence-corrected chi connectivity index (χ4v) is 0.495. The minimum Gasteiger partial charge on any atom is -0.354 e. The van der Waals surface area contributed by atoms with E-state index in [9.17, 15) is 4.79 Å². The monoisotopic (exact) mass is 116 g/mol. The molecule has 0 spiro atoms. The van der Waals surface area contributed by atoms with Crippen molar-refractivity contribution in [3.8, 4) is 0 Å². The third-order valence-electron chi connectivity index (χ3n) is 1.02. The minimum absolute atomic E-state index is 0.309. The molecule has 1 amide bonds. The lowest BCUT2D eigenvalue weighted by molar-refractivity contribution is 0.0330. The minimum atomic E-state index is -0.309. The summed E-state index contributed by atoms with van der Waals surface area (Å²) in [4.78, 5) is 16.4. The molecule has 1 rings (SSSR count). The average molecular weight is 116 g/mol. The molecule has 0 saturated carbocycles. The van der Waals surface area contributed by atoms with E-state index in [1.54, 1.807) is 7.05 Å². The van der Waals surface area contributed by atoms with E-state index >= 15 is 0 Å². The van der Waals surface area contributed by atoms with E-state index < -0.39 is 0 Å². The highest BCUT2D eigenvalue weighted by Gasteiger charge is 2.13. The van der Waals surface area contributed by atoms with E-state index in [0.717, 1.165) is 6.54 Å². The number of carbonyl (C=O) groups is 1. The van der Waals surface area contributed by atoms with Crippen molar-refractivity contribution in [2.45, 2.75) is 0 Å². The van der Waals surface area contributed by atoms with E-state index in [1.165, 1.54) is 4.90 Å². The van der Waals surface area contributed by atoms with E-state index in [2.05, 4.69) is 10.3 Å². The van der Waals surface area contributed by atoms with Crippen molar-refractivity contribution >= 4 is 6.09 Å². The lowest BCUT2D eigenvalue weighted by atomic mass is 10.6. The Hall–Kier alpha value is -0.770. The van der Waals surface area contributed by atoms with Crippen LogP contribution in [0.15, 0.2) is 0 Å². The highest BCUT2D eigenvalue weighted by atomic mass is 16.7. The highest BCUT2D eigenvalue weighted by Crippen LogP contribution is 1.90. The van der Waals surface area contributed by atoms with Gasteiger partial charge in [0.05, 0.1) is 0 Å². The van der Waals surface area contributed by atoms with Crippen molar-refractivity contribution < 1.29 is 9.63 Å². The molecule has 4 heteroatoms. The van der Waals surface area contributed by atoms with Crippen LogP contribution in [0.25, 0.3) is 0 Å². The molecular weight excluding hydrogens is 108 g/mol. The standard InChI is InChI=1S/C4H8N2O2/c1-6-3-2-5-8-4(6)7/h5H,2-3H2,1H3. The molecule has 1 aliphatic rings. The normalized spacial score (nSPS) is 20.6. The maximum atomic E-state index is 10.4. The Morgan fingerprint density at radius 2 is 2.62 bits per heavy atom. The second kappa shape index (κ2) is 2.00. The van der Waals surface area contributed by atoms with E-state index in [1.807, 2.05) is 0 Å². The van der Waals surface area contributed by atoms with Crippen LogP contribution in [0.1, 0.15) is 0 Å². The second-order valence-electron chi connectivity index (χ2n) is 1.68. The number of nitrogens with zero attached hydrogens (tertiary/aromatic N) is 1. The van der Waals surface area contributed by atoms with Crippen molar-refractivity contribution in [2.24, 2.45) is 0 Å². The molecule has 0 atom stereocenters. The van der Waals surface area contributed by atoms with Gasteiger partial charge in [-0.2, -0.15) is 0 Å². The molecule has 0 radical (unpaired) electrons. The molecule has 0 aromatic heterocycles. The zero-order valence-electron chi connectivity index (χ0n) is 4.68. The first-order valence-corrected chi connectivity index (χ1v) is 2.45. The maximum Gasteiger partial charge on any atom is 0.428 e. The van der Waals surface area contributed by atoms with Gasteiger partial charge in [0.1, 0.15) is 0 Å². The van der Waals surface area contributed by atoms with Gasteiger partial charge in [-0.3, -0.25) is 0 Å². The van der Waals surface area contributed by atoms with Gasteiger partial charge in [0.25, 0.3) is 0 Å². The molecule has 1 aliphatic heterocycles. The van der Waals surface area contributed by atoms with Crippen LogP contribution in [-0.2, 0) is 4.84 Å². The Morgan fingerprint density at radius 1 is 1.88 bits per heavy atom. The van der Waals surface area contributed by atoms with Gasteiger partial charge in [-0.05, 0) is 0 Å². The highest BCUT2D eigenvalue weighted by molar-refractivity contribution is 5.67. The molecule has 4 nitrogen and oxygen atoms in total. The summed E-state index contributed by atoms with van der Waals surface area (Å²) in [6, 6.07) is 0.